The molecule has 2 N–H and O–H groups in total. The zero-order chi connectivity index (χ0) is 26.9. The van der Waals surface area contributed by atoms with Gasteiger partial charge < -0.3 is 19.3 Å². The molecular weight excluding hydrogens is 516 g/mol. The van der Waals surface area contributed by atoms with Gasteiger partial charge in [0, 0.05) is 35.0 Å². The van der Waals surface area contributed by atoms with Crippen LogP contribution in [-0.2, 0) is 21.2 Å². The van der Waals surface area contributed by atoms with Crippen LogP contribution >= 0.6 is 11.6 Å². The maximum absolute atomic E-state index is 13.9. The number of nitrogens with two attached hydrogens (primary N) is 1. The Labute approximate surface area is 221 Å². The first-order valence-electron chi connectivity index (χ1n) is 11.9. The predicted molar refractivity (Wildman–Crippen MR) is 143 cm³/mol. The van der Waals surface area contributed by atoms with Crippen LogP contribution in [-0.4, -0.2) is 27.5 Å². The third-order valence-electron chi connectivity index (χ3n) is 6.12. The third kappa shape index (κ3) is 5.25. The van der Waals surface area contributed by atoms with Gasteiger partial charge in [-0.15, -0.1) is 0 Å². The number of fused-ring (bicyclic) bond motifs is 1. The van der Waals surface area contributed by atoms with Gasteiger partial charge in [0.15, 0.2) is 0 Å². The zero-order valence-electron chi connectivity index (χ0n) is 21.1. The number of hydrogen-bond acceptors (Lipinski definition) is 7. The van der Waals surface area contributed by atoms with Crippen molar-refractivity contribution in [2.24, 2.45) is 5.73 Å². The van der Waals surface area contributed by atoms with Crippen LogP contribution in [0.3, 0.4) is 0 Å². The van der Waals surface area contributed by atoms with E-state index in [1.165, 1.54) is 16.4 Å². The Kier molecular flexibility index (Phi) is 7.68. The normalized spacial score (nSPS) is 12.6. The van der Waals surface area contributed by atoms with Gasteiger partial charge in [-0.1, -0.05) is 11.6 Å². The highest BCUT2D eigenvalue weighted by Crippen LogP contribution is 2.35. The number of carbonyl (C=O) groups is 1. The number of furan rings is 2. The quantitative estimate of drug-likeness (QED) is 0.259. The van der Waals surface area contributed by atoms with Gasteiger partial charge in [0.2, 0.25) is 5.76 Å². The van der Waals surface area contributed by atoms with E-state index in [1.807, 2.05) is 19.1 Å². The minimum atomic E-state index is -4.02. The molecule has 2 aromatic heterocycles. The molecule has 4 aromatic rings. The lowest BCUT2D eigenvalue weighted by Gasteiger charge is -2.27. The Morgan fingerprint density at radius 2 is 1.84 bits per heavy atom. The number of halogens is 1. The molecule has 37 heavy (non-hydrogen) atoms. The highest BCUT2D eigenvalue weighted by Gasteiger charge is 2.29. The molecule has 8 nitrogen and oxygen atoms in total. The van der Waals surface area contributed by atoms with E-state index >= 15 is 0 Å². The number of esters is 1. The second-order valence-electron chi connectivity index (χ2n) is 8.63. The predicted octanol–water partition coefficient (Wildman–Crippen LogP) is 5.93. The fourth-order valence-corrected chi connectivity index (χ4v) is 6.03. The van der Waals surface area contributed by atoms with Gasteiger partial charge in [-0.25, -0.2) is 13.2 Å². The molecule has 0 spiro atoms. The van der Waals surface area contributed by atoms with Gasteiger partial charge in [0.1, 0.15) is 17.1 Å². The summed E-state index contributed by atoms with van der Waals surface area (Å²) < 4.78 is 45.5. The van der Waals surface area contributed by atoms with Crippen molar-refractivity contribution in [3.05, 3.63) is 82.0 Å². The van der Waals surface area contributed by atoms with Crippen LogP contribution in [0.25, 0.3) is 11.0 Å². The maximum Gasteiger partial charge on any atom is 0.374 e. The van der Waals surface area contributed by atoms with E-state index in [2.05, 4.69) is 0 Å². The lowest BCUT2D eigenvalue weighted by molar-refractivity contribution is 0.0491. The van der Waals surface area contributed by atoms with Gasteiger partial charge in [-0.3, -0.25) is 4.31 Å². The van der Waals surface area contributed by atoms with Crippen molar-refractivity contribution in [1.29, 1.82) is 0 Å². The van der Waals surface area contributed by atoms with Gasteiger partial charge in [0.25, 0.3) is 10.0 Å². The minimum Gasteiger partial charge on any atom is -0.466 e. The van der Waals surface area contributed by atoms with E-state index in [1.54, 1.807) is 45.0 Å². The number of sulfonamides is 1. The standard InChI is InChI=1S/C27H29ClN2O6S/c1-5-30(24-11-8-18(28)13-22(24)23(29)14-19-9-7-16(3)35-19)37(32,33)20-10-12-25-21(15-20)17(4)26(36-25)27(31)34-6-2/h7-13,15,23H,5-6,14,29H2,1-4H3. The molecule has 196 valence electrons. The molecular formula is C27H29ClN2O6S. The lowest BCUT2D eigenvalue weighted by atomic mass is 10.0. The van der Waals surface area contributed by atoms with E-state index in [0.29, 0.717) is 45.0 Å². The molecule has 0 saturated heterocycles. The number of nitrogens with zero attached hydrogens (tertiary/aromatic N) is 1. The van der Waals surface area contributed by atoms with Crippen molar-refractivity contribution in [2.45, 2.75) is 45.1 Å². The Balaban J connectivity index is 1.75. The van der Waals surface area contributed by atoms with E-state index in [4.69, 9.17) is 30.9 Å². The SMILES string of the molecule is CCOC(=O)c1oc2ccc(S(=O)(=O)N(CC)c3ccc(Cl)cc3C(N)Cc3ccc(C)o3)cc2c1C. The third-order valence-corrected chi connectivity index (χ3v) is 8.24. The molecule has 0 radical (unpaired) electrons. The van der Waals surface area contributed by atoms with E-state index in [0.717, 1.165) is 5.76 Å². The van der Waals surface area contributed by atoms with Crippen LogP contribution in [0.4, 0.5) is 5.69 Å². The van der Waals surface area contributed by atoms with E-state index in [9.17, 15) is 13.2 Å². The van der Waals surface area contributed by atoms with Crippen LogP contribution < -0.4 is 10.0 Å². The Morgan fingerprint density at radius 3 is 2.49 bits per heavy atom. The van der Waals surface area contributed by atoms with Crippen LogP contribution in [0.15, 0.2) is 62.3 Å². The first-order valence-corrected chi connectivity index (χ1v) is 13.7. The van der Waals surface area contributed by atoms with Crippen LogP contribution in [0.5, 0.6) is 0 Å². The average Bonchev–Trinajstić information content (AvgIpc) is 3.42. The maximum atomic E-state index is 13.9. The molecule has 0 amide bonds. The number of benzene rings is 2. The molecule has 0 aliphatic heterocycles. The Bertz CT molecular complexity index is 1560. The average molecular weight is 545 g/mol. The Morgan fingerprint density at radius 1 is 1.08 bits per heavy atom. The first kappa shape index (κ1) is 26.8. The zero-order valence-corrected chi connectivity index (χ0v) is 22.7. The molecule has 0 aliphatic carbocycles. The number of carbonyl (C=O) groups excluding carboxylic acids is 1. The summed E-state index contributed by atoms with van der Waals surface area (Å²) in [5.41, 5.74) is 8.45. The molecule has 1 unspecified atom stereocenters. The summed E-state index contributed by atoms with van der Waals surface area (Å²) in [4.78, 5) is 12.3. The van der Waals surface area contributed by atoms with Crippen molar-refractivity contribution in [1.82, 2.24) is 0 Å². The topological polar surface area (TPSA) is 116 Å². The van der Waals surface area contributed by atoms with Crippen LogP contribution in [0.1, 0.15) is 53.1 Å². The first-order chi connectivity index (χ1) is 17.6. The van der Waals surface area contributed by atoms with Gasteiger partial charge in [-0.05, 0) is 81.8 Å². The highest BCUT2D eigenvalue weighted by molar-refractivity contribution is 7.92. The second kappa shape index (κ2) is 10.6. The smallest absolute Gasteiger partial charge is 0.374 e. The van der Waals surface area contributed by atoms with Crippen molar-refractivity contribution < 1.29 is 26.8 Å². The summed E-state index contributed by atoms with van der Waals surface area (Å²) in [6.07, 6.45) is 0.371. The van der Waals surface area contributed by atoms with Crippen LogP contribution in [0.2, 0.25) is 5.02 Å². The van der Waals surface area contributed by atoms with Crippen molar-refractivity contribution >= 4 is 44.3 Å². The van der Waals surface area contributed by atoms with Crippen molar-refractivity contribution in [3.8, 4) is 0 Å². The number of ether oxygens (including phenoxy) is 1. The Hall–Kier alpha value is -3.27. The van der Waals surface area contributed by atoms with E-state index in [-0.39, 0.29) is 23.8 Å². The van der Waals surface area contributed by atoms with Gasteiger partial charge >= 0.3 is 5.97 Å². The van der Waals surface area contributed by atoms with Crippen molar-refractivity contribution in [3.63, 3.8) is 0 Å². The molecule has 10 heteroatoms. The summed E-state index contributed by atoms with van der Waals surface area (Å²) in [7, 11) is -4.02. The van der Waals surface area contributed by atoms with Gasteiger partial charge in [0.05, 0.1) is 17.2 Å². The molecule has 0 aliphatic rings. The summed E-state index contributed by atoms with van der Waals surface area (Å²) >= 11 is 6.29. The van der Waals surface area contributed by atoms with Crippen molar-refractivity contribution in [2.75, 3.05) is 17.5 Å². The van der Waals surface area contributed by atoms with E-state index < -0.39 is 22.0 Å². The fourth-order valence-electron chi connectivity index (χ4n) is 4.32. The summed E-state index contributed by atoms with van der Waals surface area (Å²) in [6.45, 7) is 7.34. The summed E-state index contributed by atoms with van der Waals surface area (Å²) in [6, 6.07) is 12.6. The molecule has 0 fully saturated rings. The molecule has 0 bridgehead atoms. The van der Waals surface area contributed by atoms with Gasteiger partial charge in [-0.2, -0.15) is 0 Å². The largest absolute Gasteiger partial charge is 0.466 e. The number of aryl methyl sites for hydroxylation is 2. The lowest BCUT2D eigenvalue weighted by Crippen LogP contribution is -2.32. The molecule has 2 aromatic carbocycles. The summed E-state index contributed by atoms with van der Waals surface area (Å²) in [5.74, 6) is 0.919. The molecule has 4 rings (SSSR count). The molecule has 2 heterocycles. The number of anilines is 1. The summed E-state index contributed by atoms with van der Waals surface area (Å²) in [5, 5.41) is 0.960. The minimum absolute atomic E-state index is 0.0530. The number of hydrogen-bond donors (Lipinski definition) is 1. The number of rotatable bonds is 9. The molecule has 0 saturated carbocycles. The highest BCUT2D eigenvalue weighted by atomic mass is 35.5. The molecule has 1 atom stereocenters. The fraction of sp³-hybridized carbons (Fsp3) is 0.296. The second-order valence-corrected chi connectivity index (χ2v) is 10.9. The van der Waals surface area contributed by atoms with Crippen LogP contribution in [0, 0.1) is 13.8 Å². The monoisotopic (exact) mass is 544 g/mol.